The van der Waals surface area contributed by atoms with E-state index in [2.05, 4.69) is 25.2 Å². The molecule has 7 nitrogen and oxygen atoms in total. The minimum absolute atomic E-state index is 0.234. The van der Waals surface area contributed by atoms with Crippen LogP contribution in [-0.2, 0) is 6.54 Å². The molecule has 1 amide bonds. The van der Waals surface area contributed by atoms with Crippen LogP contribution in [0.2, 0.25) is 0 Å². The first-order chi connectivity index (χ1) is 10.2. The van der Waals surface area contributed by atoms with Crippen molar-refractivity contribution in [2.45, 2.75) is 20.4 Å². The van der Waals surface area contributed by atoms with Gasteiger partial charge in [0.2, 0.25) is 0 Å². The van der Waals surface area contributed by atoms with Crippen LogP contribution in [0.15, 0.2) is 18.6 Å². The number of hydrogen-bond donors (Lipinski definition) is 2. The highest BCUT2D eigenvalue weighted by Crippen LogP contribution is 2.27. The highest BCUT2D eigenvalue weighted by atomic mass is 32.1. The average Bonchev–Trinajstić information content (AvgIpc) is 2.89. The van der Waals surface area contributed by atoms with Gasteiger partial charge in [-0.3, -0.25) is 4.79 Å². The van der Waals surface area contributed by atoms with E-state index in [0.29, 0.717) is 11.4 Å². The third-order valence-electron chi connectivity index (χ3n) is 2.96. The van der Waals surface area contributed by atoms with Crippen molar-refractivity contribution < 1.29 is 4.79 Å². The molecule has 0 radical (unpaired) electrons. The lowest BCUT2D eigenvalue weighted by atomic mass is 10.4. The summed E-state index contributed by atoms with van der Waals surface area (Å²) in [5.74, 6) is 0.0316. The predicted octanol–water partition coefficient (Wildman–Crippen LogP) is 1.29. The number of carbonyl (C=O) groups excluding carboxylic acids is 1. The number of amides is 1. The molecule has 0 aliphatic rings. The summed E-state index contributed by atoms with van der Waals surface area (Å²) in [6, 6.07) is 1.75. The van der Waals surface area contributed by atoms with Crippen molar-refractivity contribution in [2.75, 3.05) is 23.7 Å². The maximum atomic E-state index is 12.2. The molecule has 2 aromatic heterocycles. The maximum absolute atomic E-state index is 12.2. The number of nitrogens with one attached hydrogen (secondary N) is 1. The largest absolute Gasteiger partial charge is 0.382 e. The third-order valence-corrected chi connectivity index (χ3v) is 4.09. The van der Waals surface area contributed by atoms with Gasteiger partial charge in [0.15, 0.2) is 5.13 Å². The van der Waals surface area contributed by atoms with Gasteiger partial charge < -0.3 is 16.0 Å². The van der Waals surface area contributed by atoms with E-state index in [1.54, 1.807) is 12.3 Å². The van der Waals surface area contributed by atoms with Crippen LogP contribution in [0, 0.1) is 0 Å². The quantitative estimate of drug-likeness (QED) is 0.834. The smallest absolute Gasteiger partial charge is 0.265 e. The van der Waals surface area contributed by atoms with Crippen LogP contribution < -0.4 is 16.0 Å². The Labute approximate surface area is 127 Å². The molecule has 21 heavy (non-hydrogen) atoms. The summed E-state index contributed by atoms with van der Waals surface area (Å²) in [5.41, 5.74) is 6.59. The van der Waals surface area contributed by atoms with Crippen molar-refractivity contribution in [1.82, 2.24) is 20.3 Å². The Morgan fingerprint density at radius 2 is 2.19 bits per heavy atom. The number of nitrogen functional groups attached to an aromatic ring is 1. The van der Waals surface area contributed by atoms with Gasteiger partial charge in [0.05, 0.1) is 12.2 Å². The molecule has 2 aromatic rings. The summed E-state index contributed by atoms with van der Waals surface area (Å²) in [5, 5.41) is 3.56. The number of aromatic nitrogens is 3. The zero-order chi connectivity index (χ0) is 15.2. The Kier molecular flexibility index (Phi) is 5.04. The topological polar surface area (TPSA) is 97.0 Å². The first-order valence-corrected chi connectivity index (χ1v) is 7.51. The number of nitrogens with two attached hydrogens (primary N) is 1. The Bertz CT molecular complexity index is 596. The lowest BCUT2D eigenvalue weighted by Gasteiger charge is -2.16. The van der Waals surface area contributed by atoms with E-state index in [0.717, 1.165) is 23.9 Å². The molecule has 0 atom stereocenters. The van der Waals surface area contributed by atoms with Gasteiger partial charge in [-0.05, 0) is 19.9 Å². The second kappa shape index (κ2) is 6.98. The molecule has 0 fully saturated rings. The second-order valence-corrected chi connectivity index (χ2v) is 5.24. The minimum Gasteiger partial charge on any atom is -0.382 e. The summed E-state index contributed by atoms with van der Waals surface area (Å²) >= 11 is 1.31. The Morgan fingerprint density at radius 1 is 1.43 bits per heavy atom. The molecular formula is C13H18N6OS. The van der Waals surface area contributed by atoms with E-state index in [9.17, 15) is 4.79 Å². The van der Waals surface area contributed by atoms with E-state index >= 15 is 0 Å². The Balaban J connectivity index is 2.05. The van der Waals surface area contributed by atoms with Gasteiger partial charge in [0.25, 0.3) is 5.91 Å². The van der Waals surface area contributed by atoms with E-state index in [4.69, 9.17) is 5.73 Å². The zero-order valence-corrected chi connectivity index (χ0v) is 12.9. The van der Waals surface area contributed by atoms with E-state index in [-0.39, 0.29) is 11.7 Å². The normalized spacial score (nSPS) is 10.4. The lowest BCUT2D eigenvalue weighted by molar-refractivity contribution is 0.0955. The van der Waals surface area contributed by atoms with E-state index in [1.807, 2.05) is 13.8 Å². The van der Waals surface area contributed by atoms with E-state index < -0.39 is 0 Å². The van der Waals surface area contributed by atoms with Crippen LogP contribution in [-0.4, -0.2) is 33.9 Å². The van der Waals surface area contributed by atoms with Crippen molar-refractivity contribution in [3.63, 3.8) is 0 Å². The number of thiazole rings is 1. The molecule has 0 bridgehead atoms. The summed E-state index contributed by atoms with van der Waals surface area (Å²) in [6.07, 6.45) is 3.08. The molecule has 0 spiro atoms. The minimum atomic E-state index is -0.234. The zero-order valence-electron chi connectivity index (χ0n) is 12.0. The van der Waals surface area contributed by atoms with Crippen molar-refractivity contribution in [3.8, 4) is 0 Å². The maximum Gasteiger partial charge on any atom is 0.265 e. The molecule has 0 aliphatic carbocycles. The number of hydrogen-bond acceptors (Lipinski definition) is 7. The first-order valence-electron chi connectivity index (χ1n) is 6.70. The highest BCUT2D eigenvalue weighted by Gasteiger charge is 2.18. The highest BCUT2D eigenvalue weighted by molar-refractivity contribution is 7.18. The van der Waals surface area contributed by atoms with Gasteiger partial charge in [-0.2, -0.15) is 0 Å². The molecule has 0 saturated carbocycles. The van der Waals surface area contributed by atoms with Crippen molar-refractivity contribution in [2.24, 2.45) is 0 Å². The molecular weight excluding hydrogens is 288 g/mol. The molecule has 0 aliphatic heterocycles. The number of carbonyl (C=O) groups is 1. The van der Waals surface area contributed by atoms with Crippen LogP contribution in [0.5, 0.6) is 0 Å². The molecule has 8 heteroatoms. The second-order valence-electron chi connectivity index (χ2n) is 4.27. The van der Waals surface area contributed by atoms with Gasteiger partial charge in [-0.15, -0.1) is 0 Å². The first kappa shape index (κ1) is 15.2. The number of anilines is 2. The number of nitrogens with zero attached hydrogens (tertiary/aromatic N) is 4. The molecule has 2 heterocycles. The summed E-state index contributed by atoms with van der Waals surface area (Å²) in [4.78, 5) is 26.8. The van der Waals surface area contributed by atoms with Crippen LogP contribution >= 0.6 is 11.3 Å². The molecule has 0 saturated heterocycles. The molecule has 0 aromatic carbocycles. The fourth-order valence-electron chi connectivity index (χ4n) is 1.79. The number of rotatable bonds is 6. The van der Waals surface area contributed by atoms with Gasteiger partial charge in [-0.25, -0.2) is 15.0 Å². The molecule has 112 valence electrons. The van der Waals surface area contributed by atoms with Crippen LogP contribution in [0.1, 0.15) is 29.2 Å². The molecule has 0 unspecified atom stereocenters. The van der Waals surface area contributed by atoms with Crippen molar-refractivity contribution in [3.05, 3.63) is 29.2 Å². The Morgan fingerprint density at radius 3 is 2.81 bits per heavy atom. The van der Waals surface area contributed by atoms with Gasteiger partial charge in [0.1, 0.15) is 17.0 Å². The average molecular weight is 306 g/mol. The molecule has 2 rings (SSSR count). The monoisotopic (exact) mass is 306 g/mol. The van der Waals surface area contributed by atoms with Crippen LogP contribution in [0.25, 0.3) is 0 Å². The van der Waals surface area contributed by atoms with Gasteiger partial charge >= 0.3 is 0 Å². The summed E-state index contributed by atoms with van der Waals surface area (Å²) < 4.78 is 0. The summed E-state index contributed by atoms with van der Waals surface area (Å²) in [6.45, 7) is 6.06. The fourth-order valence-corrected chi connectivity index (χ4v) is 2.81. The summed E-state index contributed by atoms with van der Waals surface area (Å²) in [7, 11) is 0. The van der Waals surface area contributed by atoms with Crippen molar-refractivity contribution in [1.29, 1.82) is 0 Å². The van der Waals surface area contributed by atoms with Gasteiger partial charge in [0, 0.05) is 19.3 Å². The third kappa shape index (κ3) is 3.66. The van der Waals surface area contributed by atoms with Crippen LogP contribution in [0.4, 0.5) is 10.9 Å². The lowest BCUT2D eigenvalue weighted by Crippen LogP contribution is -2.23. The predicted molar refractivity (Wildman–Crippen MR) is 83.3 cm³/mol. The Hall–Kier alpha value is -2.22. The van der Waals surface area contributed by atoms with E-state index in [1.165, 1.54) is 17.7 Å². The van der Waals surface area contributed by atoms with Crippen LogP contribution in [0.3, 0.4) is 0 Å². The fraction of sp³-hybridized carbons (Fsp3) is 0.385. The standard InChI is InChI=1S/C13H18N6OS/c1-3-19(4-2)13-18-11(14)10(21-13)12(20)16-7-9-5-6-15-8-17-9/h5-6,8H,3-4,7,14H2,1-2H3,(H,16,20). The molecule has 3 N–H and O–H groups in total. The SMILES string of the molecule is CCN(CC)c1nc(N)c(C(=O)NCc2ccncn2)s1. The van der Waals surface area contributed by atoms with Gasteiger partial charge in [-0.1, -0.05) is 11.3 Å². The van der Waals surface area contributed by atoms with Crippen molar-refractivity contribution >= 4 is 28.2 Å².